The van der Waals surface area contributed by atoms with Crippen LogP contribution in [-0.2, 0) is 4.79 Å². The molecular weight excluding hydrogens is 386 g/mol. The first-order valence-corrected chi connectivity index (χ1v) is 9.95. The molecule has 29 heavy (non-hydrogen) atoms. The molecule has 1 amide bonds. The van der Waals surface area contributed by atoms with Crippen molar-refractivity contribution < 1.29 is 19.1 Å². The maximum absolute atomic E-state index is 13.0. The Kier molecular flexibility index (Phi) is 5.18. The van der Waals surface area contributed by atoms with E-state index in [1.165, 1.54) is 11.8 Å². The van der Waals surface area contributed by atoms with Crippen molar-refractivity contribution in [2.75, 3.05) is 18.2 Å². The van der Waals surface area contributed by atoms with Crippen LogP contribution in [0.25, 0.3) is 0 Å². The van der Waals surface area contributed by atoms with Crippen molar-refractivity contribution >= 4 is 34.9 Å². The van der Waals surface area contributed by atoms with E-state index in [-0.39, 0.29) is 28.8 Å². The van der Waals surface area contributed by atoms with Crippen LogP contribution in [0.3, 0.4) is 0 Å². The van der Waals surface area contributed by atoms with Crippen LogP contribution in [0.5, 0.6) is 5.75 Å². The topological polar surface area (TPSA) is 72.5 Å². The molecule has 0 unspecified atom stereocenters. The van der Waals surface area contributed by atoms with Crippen molar-refractivity contribution in [3.8, 4) is 5.75 Å². The van der Waals surface area contributed by atoms with Gasteiger partial charge in [0, 0.05) is 21.6 Å². The standard InChI is InChI=1S/C23H17NO4S/c1-28-14-9-11-15(12-10-14)29-13-20(25)24-19-8-4-7-18-21(19)23(27)17-6-3-2-5-16(17)22(18)26/h2-12H,13H2,1H3,(H,24,25). The smallest absolute Gasteiger partial charge is 0.234 e. The number of thioether (sulfide) groups is 1. The number of hydrogen-bond donors (Lipinski definition) is 1. The molecule has 0 atom stereocenters. The predicted octanol–water partition coefficient (Wildman–Crippen LogP) is 4.20. The molecule has 5 nitrogen and oxygen atoms in total. The summed E-state index contributed by atoms with van der Waals surface area (Å²) in [6.45, 7) is 0. The molecule has 3 aromatic rings. The van der Waals surface area contributed by atoms with Gasteiger partial charge in [-0.1, -0.05) is 36.4 Å². The Morgan fingerprint density at radius 3 is 2.21 bits per heavy atom. The number of carbonyl (C=O) groups excluding carboxylic acids is 3. The number of rotatable bonds is 5. The largest absolute Gasteiger partial charge is 0.497 e. The van der Waals surface area contributed by atoms with Gasteiger partial charge in [-0.05, 0) is 30.3 Å². The van der Waals surface area contributed by atoms with Crippen molar-refractivity contribution in [3.05, 3.63) is 89.0 Å². The number of fused-ring (bicyclic) bond motifs is 2. The minimum absolute atomic E-state index is 0.175. The molecule has 6 heteroatoms. The van der Waals surface area contributed by atoms with Gasteiger partial charge in [0.25, 0.3) is 0 Å². The van der Waals surface area contributed by atoms with E-state index in [2.05, 4.69) is 5.32 Å². The second-order valence-corrected chi connectivity index (χ2v) is 7.49. The molecule has 0 bridgehead atoms. The maximum Gasteiger partial charge on any atom is 0.234 e. The van der Waals surface area contributed by atoms with E-state index < -0.39 is 0 Å². The third-order valence-electron chi connectivity index (χ3n) is 4.66. The summed E-state index contributed by atoms with van der Waals surface area (Å²) in [5.74, 6) is 0.207. The number of ether oxygens (including phenoxy) is 1. The van der Waals surface area contributed by atoms with Gasteiger partial charge in [0.1, 0.15) is 5.75 Å². The van der Waals surface area contributed by atoms with Crippen molar-refractivity contribution in [1.29, 1.82) is 0 Å². The van der Waals surface area contributed by atoms with Gasteiger partial charge in [-0.25, -0.2) is 0 Å². The number of hydrogen-bond acceptors (Lipinski definition) is 5. The fraction of sp³-hybridized carbons (Fsp3) is 0.0870. The van der Waals surface area contributed by atoms with Gasteiger partial charge in [0.2, 0.25) is 5.91 Å². The van der Waals surface area contributed by atoms with Crippen LogP contribution in [0, 0.1) is 0 Å². The van der Waals surface area contributed by atoms with Crippen LogP contribution in [0.4, 0.5) is 5.69 Å². The minimum Gasteiger partial charge on any atom is -0.497 e. The summed E-state index contributed by atoms with van der Waals surface area (Å²) in [5, 5.41) is 2.79. The highest BCUT2D eigenvalue weighted by Gasteiger charge is 2.31. The van der Waals surface area contributed by atoms with E-state index in [1.807, 2.05) is 24.3 Å². The van der Waals surface area contributed by atoms with Gasteiger partial charge in [0.15, 0.2) is 11.6 Å². The normalized spacial score (nSPS) is 12.2. The van der Waals surface area contributed by atoms with Gasteiger partial charge >= 0.3 is 0 Å². The lowest BCUT2D eigenvalue weighted by Crippen LogP contribution is -2.24. The summed E-state index contributed by atoms with van der Waals surface area (Å²) in [6.07, 6.45) is 0. The molecular formula is C23H17NO4S. The fourth-order valence-corrected chi connectivity index (χ4v) is 3.95. The molecule has 3 aromatic carbocycles. The van der Waals surface area contributed by atoms with Crippen LogP contribution in [0.1, 0.15) is 31.8 Å². The molecule has 1 N–H and O–H groups in total. The number of ketones is 2. The summed E-state index contributed by atoms with van der Waals surface area (Å²) in [5.41, 5.74) is 1.67. The molecule has 0 fully saturated rings. The van der Waals surface area contributed by atoms with Gasteiger partial charge in [-0.15, -0.1) is 11.8 Å². The van der Waals surface area contributed by atoms with Crippen LogP contribution in [0.15, 0.2) is 71.6 Å². The number of benzene rings is 3. The number of nitrogens with one attached hydrogen (secondary N) is 1. The first-order chi connectivity index (χ1) is 14.1. The second kappa shape index (κ2) is 7.93. The molecule has 0 saturated heterocycles. The quantitative estimate of drug-likeness (QED) is 0.506. The van der Waals surface area contributed by atoms with E-state index in [0.717, 1.165) is 10.6 Å². The Balaban J connectivity index is 1.53. The van der Waals surface area contributed by atoms with Crippen molar-refractivity contribution in [2.24, 2.45) is 0 Å². The highest BCUT2D eigenvalue weighted by molar-refractivity contribution is 8.00. The average molecular weight is 403 g/mol. The van der Waals surface area contributed by atoms with E-state index in [1.54, 1.807) is 49.6 Å². The lowest BCUT2D eigenvalue weighted by Gasteiger charge is -2.20. The van der Waals surface area contributed by atoms with Gasteiger partial charge in [-0.2, -0.15) is 0 Å². The molecule has 0 aromatic heterocycles. The third-order valence-corrected chi connectivity index (χ3v) is 5.67. The van der Waals surface area contributed by atoms with Crippen molar-refractivity contribution in [2.45, 2.75) is 4.90 Å². The van der Waals surface area contributed by atoms with Gasteiger partial charge in [-0.3, -0.25) is 14.4 Å². The number of amides is 1. The Morgan fingerprint density at radius 1 is 0.862 bits per heavy atom. The van der Waals surface area contributed by atoms with Crippen LogP contribution < -0.4 is 10.1 Å². The Labute approximate surface area is 172 Å². The first-order valence-electron chi connectivity index (χ1n) is 8.96. The number of methoxy groups -OCH3 is 1. The van der Waals surface area contributed by atoms with Crippen molar-refractivity contribution in [3.63, 3.8) is 0 Å². The monoisotopic (exact) mass is 403 g/mol. The molecule has 1 aliphatic carbocycles. The van der Waals surface area contributed by atoms with Crippen molar-refractivity contribution in [1.82, 2.24) is 0 Å². The molecule has 4 rings (SSSR count). The Hall–Kier alpha value is -3.38. The fourth-order valence-electron chi connectivity index (χ4n) is 3.26. The van der Waals surface area contributed by atoms with E-state index in [9.17, 15) is 14.4 Å². The summed E-state index contributed by atoms with van der Waals surface area (Å²) in [4.78, 5) is 39.2. The Morgan fingerprint density at radius 2 is 1.52 bits per heavy atom. The van der Waals surface area contributed by atoms with Gasteiger partial charge < -0.3 is 10.1 Å². The third kappa shape index (κ3) is 3.67. The minimum atomic E-state index is -0.256. The molecule has 0 saturated carbocycles. The second-order valence-electron chi connectivity index (χ2n) is 6.44. The highest BCUT2D eigenvalue weighted by Crippen LogP contribution is 2.32. The molecule has 144 valence electrons. The number of anilines is 1. The Bertz CT molecular complexity index is 1120. The summed E-state index contributed by atoms with van der Waals surface area (Å²) < 4.78 is 5.12. The lowest BCUT2D eigenvalue weighted by atomic mass is 9.83. The zero-order valence-electron chi connectivity index (χ0n) is 15.6. The van der Waals surface area contributed by atoms with E-state index in [0.29, 0.717) is 22.4 Å². The SMILES string of the molecule is COc1ccc(SCC(=O)Nc2cccc3c2C(=O)c2ccccc2C3=O)cc1. The summed E-state index contributed by atoms with van der Waals surface area (Å²) in [6, 6.07) is 19.1. The zero-order valence-corrected chi connectivity index (χ0v) is 16.4. The summed E-state index contributed by atoms with van der Waals surface area (Å²) >= 11 is 1.37. The maximum atomic E-state index is 13.0. The molecule has 1 aliphatic rings. The average Bonchev–Trinajstić information content (AvgIpc) is 2.76. The molecule has 0 radical (unpaired) electrons. The van der Waals surface area contributed by atoms with Crippen LogP contribution in [-0.4, -0.2) is 30.3 Å². The lowest BCUT2D eigenvalue weighted by molar-refractivity contribution is -0.113. The van der Waals surface area contributed by atoms with Gasteiger partial charge in [0.05, 0.1) is 24.1 Å². The number of carbonyl (C=O) groups is 3. The van der Waals surface area contributed by atoms with Crippen LogP contribution in [0.2, 0.25) is 0 Å². The molecule has 0 aliphatic heterocycles. The van der Waals surface area contributed by atoms with Crippen LogP contribution >= 0.6 is 11.8 Å². The summed E-state index contributed by atoms with van der Waals surface area (Å²) in [7, 11) is 1.60. The molecule has 0 spiro atoms. The first kappa shape index (κ1) is 19.0. The molecule has 0 heterocycles. The van der Waals surface area contributed by atoms with E-state index in [4.69, 9.17) is 4.74 Å². The zero-order chi connectivity index (χ0) is 20.4. The highest BCUT2D eigenvalue weighted by atomic mass is 32.2. The predicted molar refractivity (Wildman–Crippen MR) is 112 cm³/mol. The van der Waals surface area contributed by atoms with E-state index >= 15 is 0 Å².